The second-order valence-electron chi connectivity index (χ2n) is 3.66. The fraction of sp³-hybridized carbons (Fsp3) is 0.200. The van der Waals surface area contributed by atoms with Gasteiger partial charge in [-0.25, -0.2) is 5.84 Å². The summed E-state index contributed by atoms with van der Waals surface area (Å²) in [4.78, 5) is 10.4. The molecule has 19 heavy (non-hydrogen) atoms. The number of ether oxygens (including phenoxy) is 1. The first kappa shape index (κ1) is 13.2. The Kier molecular flexibility index (Phi) is 3.88. The highest BCUT2D eigenvalue weighted by Gasteiger charge is 2.15. The number of nitrogens with zero attached hydrogens (tertiary/aromatic N) is 3. The monoisotopic (exact) mass is 281 g/mol. The molecule has 0 radical (unpaired) electrons. The van der Waals surface area contributed by atoms with Crippen molar-refractivity contribution in [1.82, 2.24) is 10.2 Å². The van der Waals surface area contributed by atoms with E-state index in [1.54, 1.807) is 12.1 Å². The summed E-state index contributed by atoms with van der Waals surface area (Å²) in [7, 11) is 0. The molecule has 2 rings (SSSR count). The lowest BCUT2D eigenvalue weighted by Crippen LogP contribution is -2.05. The Hall–Kier alpha value is -2.26. The molecule has 9 heteroatoms. The van der Waals surface area contributed by atoms with Crippen LogP contribution in [0.2, 0.25) is 0 Å². The van der Waals surface area contributed by atoms with Gasteiger partial charge in [0, 0.05) is 6.07 Å². The lowest BCUT2D eigenvalue weighted by molar-refractivity contribution is -0.386. The van der Waals surface area contributed by atoms with E-state index in [0.29, 0.717) is 10.1 Å². The number of nitrogens with one attached hydrogen (secondary N) is 1. The first-order chi connectivity index (χ1) is 9.10. The lowest BCUT2D eigenvalue weighted by atomic mass is 10.2. The third-order valence-corrected chi connectivity index (χ3v) is 3.08. The minimum Gasteiger partial charge on any atom is -0.479 e. The molecule has 0 bridgehead atoms. The maximum atomic E-state index is 10.9. The quantitative estimate of drug-likeness (QED) is 0.486. The molecule has 100 valence electrons. The Bertz CT molecular complexity index is 601. The zero-order valence-electron chi connectivity index (χ0n) is 9.99. The lowest BCUT2D eigenvalue weighted by Gasteiger charge is -2.05. The predicted octanol–water partition coefficient (Wildman–Crippen LogP) is 1.62. The number of hydrazine groups is 1. The van der Waals surface area contributed by atoms with E-state index in [1.165, 1.54) is 17.4 Å². The van der Waals surface area contributed by atoms with E-state index < -0.39 is 4.92 Å². The number of nitro benzene ring substituents is 1. The third-order valence-electron chi connectivity index (χ3n) is 2.25. The maximum Gasteiger partial charge on any atom is 0.310 e. The number of hydrogen-bond donors (Lipinski definition) is 2. The van der Waals surface area contributed by atoms with Gasteiger partial charge in [0.2, 0.25) is 5.13 Å². The van der Waals surface area contributed by atoms with Crippen LogP contribution in [0.5, 0.6) is 5.75 Å². The van der Waals surface area contributed by atoms with Gasteiger partial charge in [-0.05, 0) is 18.6 Å². The zero-order chi connectivity index (χ0) is 13.8. The van der Waals surface area contributed by atoms with Crippen LogP contribution in [-0.4, -0.2) is 15.1 Å². The van der Waals surface area contributed by atoms with E-state index in [0.717, 1.165) is 5.56 Å². The number of nitro groups is 1. The van der Waals surface area contributed by atoms with Gasteiger partial charge in [-0.15, -0.1) is 10.2 Å². The van der Waals surface area contributed by atoms with Gasteiger partial charge >= 0.3 is 5.69 Å². The van der Waals surface area contributed by atoms with Crippen LogP contribution < -0.4 is 16.0 Å². The summed E-state index contributed by atoms with van der Waals surface area (Å²) in [5, 5.41) is 19.5. The smallest absolute Gasteiger partial charge is 0.310 e. The summed E-state index contributed by atoms with van der Waals surface area (Å²) in [5.74, 6) is 5.39. The molecule has 8 nitrogen and oxygen atoms in total. The highest BCUT2D eigenvalue weighted by molar-refractivity contribution is 7.15. The van der Waals surface area contributed by atoms with Gasteiger partial charge in [-0.3, -0.25) is 15.5 Å². The molecule has 0 aliphatic heterocycles. The number of benzene rings is 1. The summed E-state index contributed by atoms with van der Waals surface area (Å²) in [6.07, 6.45) is 0. The predicted molar refractivity (Wildman–Crippen MR) is 69.9 cm³/mol. The highest BCUT2D eigenvalue weighted by Crippen LogP contribution is 2.28. The van der Waals surface area contributed by atoms with Crippen molar-refractivity contribution in [1.29, 1.82) is 0 Å². The maximum absolute atomic E-state index is 10.9. The molecule has 1 aromatic heterocycles. The van der Waals surface area contributed by atoms with E-state index in [9.17, 15) is 10.1 Å². The number of nitrogens with two attached hydrogens (primary N) is 1. The van der Waals surface area contributed by atoms with Crippen LogP contribution in [0.15, 0.2) is 18.2 Å². The topological polar surface area (TPSA) is 116 Å². The summed E-state index contributed by atoms with van der Waals surface area (Å²) in [6, 6.07) is 4.69. The van der Waals surface area contributed by atoms with Crippen molar-refractivity contribution in [3.8, 4) is 5.75 Å². The molecular formula is C10H11N5O3S. The molecule has 0 aliphatic rings. The van der Waals surface area contributed by atoms with Crippen molar-refractivity contribution in [2.24, 2.45) is 5.84 Å². The molecule has 0 spiro atoms. The number of hydrogen-bond acceptors (Lipinski definition) is 8. The van der Waals surface area contributed by atoms with Crippen LogP contribution in [-0.2, 0) is 6.61 Å². The van der Waals surface area contributed by atoms with Gasteiger partial charge in [0.05, 0.1) is 4.92 Å². The number of aromatic nitrogens is 2. The second kappa shape index (κ2) is 5.59. The van der Waals surface area contributed by atoms with Crippen molar-refractivity contribution in [3.63, 3.8) is 0 Å². The van der Waals surface area contributed by atoms with Crippen LogP contribution in [0, 0.1) is 17.0 Å². The molecule has 1 aromatic carbocycles. The molecule has 0 saturated carbocycles. The second-order valence-corrected chi connectivity index (χ2v) is 4.72. The molecule has 0 fully saturated rings. The van der Waals surface area contributed by atoms with Crippen LogP contribution in [0.4, 0.5) is 10.8 Å². The molecule has 0 saturated heterocycles. The fourth-order valence-corrected chi connectivity index (χ4v) is 1.96. The SMILES string of the molecule is Cc1ccc([N+](=O)[O-])c(OCc2nnc(NN)s2)c1. The van der Waals surface area contributed by atoms with Crippen molar-refractivity contribution in [2.45, 2.75) is 13.5 Å². The first-order valence-electron chi connectivity index (χ1n) is 5.27. The molecule has 3 N–H and O–H groups in total. The molecule has 0 amide bonds. The van der Waals surface area contributed by atoms with Crippen LogP contribution >= 0.6 is 11.3 Å². The average molecular weight is 281 g/mol. The van der Waals surface area contributed by atoms with Crippen LogP contribution in [0.1, 0.15) is 10.6 Å². The van der Waals surface area contributed by atoms with Crippen molar-refractivity contribution >= 4 is 22.2 Å². The van der Waals surface area contributed by atoms with Crippen LogP contribution in [0.25, 0.3) is 0 Å². The molecule has 0 aliphatic carbocycles. The van der Waals surface area contributed by atoms with Crippen molar-refractivity contribution < 1.29 is 9.66 Å². The largest absolute Gasteiger partial charge is 0.479 e. The average Bonchev–Trinajstić information content (AvgIpc) is 2.84. The van der Waals surface area contributed by atoms with E-state index in [-0.39, 0.29) is 18.0 Å². The van der Waals surface area contributed by atoms with Gasteiger partial charge in [-0.2, -0.15) is 0 Å². The Balaban J connectivity index is 2.14. The number of aryl methyl sites for hydroxylation is 1. The standard InChI is InChI=1S/C10H11N5O3S/c1-6-2-3-7(15(16)17)8(4-6)18-5-9-13-14-10(12-11)19-9/h2-4H,5,11H2,1H3,(H,12,14). The normalized spacial score (nSPS) is 10.2. The minimum atomic E-state index is -0.484. The summed E-state index contributed by atoms with van der Waals surface area (Å²) in [5.41, 5.74) is 3.17. The van der Waals surface area contributed by atoms with Gasteiger partial charge in [-0.1, -0.05) is 17.4 Å². The Morgan fingerprint density at radius 1 is 1.53 bits per heavy atom. The molecule has 2 aromatic rings. The highest BCUT2D eigenvalue weighted by atomic mass is 32.1. The van der Waals surface area contributed by atoms with E-state index >= 15 is 0 Å². The van der Waals surface area contributed by atoms with Gasteiger partial charge < -0.3 is 4.74 Å². The number of nitrogen functional groups attached to an aromatic ring is 1. The van der Waals surface area contributed by atoms with E-state index in [4.69, 9.17) is 10.6 Å². The number of anilines is 1. The van der Waals surface area contributed by atoms with Gasteiger partial charge in [0.25, 0.3) is 0 Å². The van der Waals surface area contributed by atoms with Crippen molar-refractivity contribution in [3.05, 3.63) is 38.9 Å². The van der Waals surface area contributed by atoms with Gasteiger partial charge in [0.1, 0.15) is 6.61 Å². The summed E-state index contributed by atoms with van der Waals surface area (Å²) in [6.45, 7) is 1.93. The Morgan fingerprint density at radius 2 is 2.32 bits per heavy atom. The Morgan fingerprint density at radius 3 is 2.95 bits per heavy atom. The van der Waals surface area contributed by atoms with E-state index in [2.05, 4.69) is 15.6 Å². The zero-order valence-corrected chi connectivity index (χ0v) is 10.8. The summed E-state index contributed by atoms with van der Waals surface area (Å²) >= 11 is 1.22. The van der Waals surface area contributed by atoms with Crippen LogP contribution in [0.3, 0.4) is 0 Å². The molecule has 1 heterocycles. The van der Waals surface area contributed by atoms with Gasteiger partial charge in [0.15, 0.2) is 10.8 Å². The minimum absolute atomic E-state index is 0.0766. The van der Waals surface area contributed by atoms with Crippen molar-refractivity contribution in [2.75, 3.05) is 5.43 Å². The number of rotatable bonds is 5. The van der Waals surface area contributed by atoms with E-state index in [1.807, 2.05) is 6.92 Å². The summed E-state index contributed by atoms with van der Waals surface area (Å²) < 4.78 is 5.42. The first-order valence-corrected chi connectivity index (χ1v) is 6.08. The molecule has 0 unspecified atom stereocenters. The Labute approximate surface area is 112 Å². The molecule has 0 atom stereocenters. The fourth-order valence-electron chi connectivity index (χ4n) is 1.40. The molecular weight excluding hydrogens is 270 g/mol. The third kappa shape index (κ3) is 3.14.